The lowest BCUT2D eigenvalue weighted by molar-refractivity contribution is -0.149. The first-order valence-electron chi connectivity index (χ1n) is 7.32. The molecule has 0 fully saturated rings. The van der Waals surface area contributed by atoms with E-state index in [4.69, 9.17) is 9.57 Å². The first-order chi connectivity index (χ1) is 10.6. The van der Waals surface area contributed by atoms with Crippen molar-refractivity contribution >= 4 is 17.7 Å². The molecule has 0 spiro atoms. The Kier molecular flexibility index (Phi) is 3.79. The second-order valence-corrected chi connectivity index (χ2v) is 5.46. The van der Waals surface area contributed by atoms with Gasteiger partial charge in [0.25, 0.3) is 0 Å². The third-order valence-corrected chi connectivity index (χ3v) is 4.12. The van der Waals surface area contributed by atoms with Crippen LogP contribution in [0.15, 0.2) is 47.1 Å². The number of carbonyl (C=O) groups is 2. The van der Waals surface area contributed by atoms with Gasteiger partial charge in [-0.25, -0.2) is 4.79 Å². The average Bonchev–Trinajstić information content (AvgIpc) is 2.88. The van der Waals surface area contributed by atoms with Gasteiger partial charge >= 0.3 is 11.9 Å². The molecule has 3 unspecified atom stereocenters. The molecule has 3 atom stereocenters. The van der Waals surface area contributed by atoms with E-state index in [9.17, 15) is 9.59 Å². The lowest BCUT2D eigenvalue weighted by atomic mass is 9.68. The van der Waals surface area contributed by atoms with E-state index >= 15 is 0 Å². The van der Waals surface area contributed by atoms with Crippen molar-refractivity contribution in [3.63, 3.8) is 0 Å². The summed E-state index contributed by atoms with van der Waals surface area (Å²) in [7, 11) is 0. The highest BCUT2D eigenvalue weighted by atomic mass is 16.7. The summed E-state index contributed by atoms with van der Waals surface area (Å²) in [5.74, 6) is -2.14. The Labute approximate surface area is 128 Å². The molecular formula is C17H17NO4. The van der Waals surface area contributed by atoms with Crippen molar-refractivity contribution in [3.05, 3.63) is 47.5 Å². The normalized spacial score (nSPS) is 26.6. The van der Waals surface area contributed by atoms with Crippen LogP contribution in [0.1, 0.15) is 25.3 Å². The number of esters is 1. The molecule has 3 rings (SSSR count). The summed E-state index contributed by atoms with van der Waals surface area (Å²) in [6, 6.07) is 9.51. The summed E-state index contributed by atoms with van der Waals surface area (Å²) < 4.78 is 5.22. The minimum Gasteiger partial charge on any atom is -0.466 e. The van der Waals surface area contributed by atoms with Crippen molar-refractivity contribution in [2.75, 3.05) is 6.61 Å². The summed E-state index contributed by atoms with van der Waals surface area (Å²) in [6.07, 6.45) is 1.76. The molecule has 5 heteroatoms. The van der Waals surface area contributed by atoms with Gasteiger partial charge in [-0.1, -0.05) is 41.1 Å². The maximum atomic E-state index is 12.4. The van der Waals surface area contributed by atoms with E-state index < -0.39 is 17.8 Å². The topological polar surface area (TPSA) is 65.0 Å². The molecule has 1 aliphatic heterocycles. The van der Waals surface area contributed by atoms with Gasteiger partial charge < -0.3 is 9.57 Å². The Balaban J connectivity index is 2.10. The number of hydrogen-bond acceptors (Lipinski definition) is 5. The van der Waals surface area contributed by atoms with E-state index in [1.54, 1.807) is 13.0 Å². The lowest BCUT2D eigenvalue weighted by Crippen LogP contribution is -2.39. The van der Waals surface area contributed by atoms with E-state index in [1.165, 1.54) is 0 Å². The van der Waals surface area contributed by atoms with Gasteiger partial charge in [0.2, 0.25) is 0 Å². The van der Waals surface area contributed by atoms with Crippen molar-refractivity contribution < 1.29 is 19.2 Å². The van der Waals surface area contributed by atoms with Gasteiger partial charge in [0.05, 0.1) is 18.2 Å². The van der Waals surface area contributed by atoms with Crippen molar-refractivity contribution in [1.82, 2.24) is 0 Å². The van der Waals surface area contributed by atoms with Crippen LogP contribution in [0.2, 0.25) is 0 Å². The van der Waals surface area contributed by atoms with E-state index in [1.807, 2.05) is 37.3 Å². The number of fused-ring (bicyclic) bond motifs is 1. The third-order valence-electron chi connectivity index (χ3n) is 4.12. The van der Waals surface area contributed by atoms with Crippen molar-refractivity contribution in [3.8, 4) is 0 Å². The molecule has 0 radical (unpaired) electrons. The molecule has 0 saturated carbocycles. The molecule has 1 aromatic rings. The largest absolute Gasteiger partial charge is 0.466 e. The number of oxime groups is 1. The molecule has 0 amide bonds. The second-order valence-electron chi connectivity index (χ2n) is 5.46. The van der Waals surface area contributed by atoms with Crippen LogP contribution in [0.25, 0.3) is 0 Å². The first kappa shape index (κ1) is 14.5. The van der Waals surface area contributed by atoms with E-state index in [-0.39, 0.29) is 11.9 Å². The Bertz CT molecular complexity index is 662. The SMILES string of the molecule is CCOC(=O)C1C(C)=CC2=NOC(=O)C2C1c1ccccc1. The fourth-order valence-corrected chi connectivity index (χ4v) is 3.20. The zero-order chi connectivity index (χ0) is 15.7. The van der Waals surface area contributed by atoms with Crippen molar-refractivity contribution in [2.45, 2.75) is 19.8 Å². The second kappa shape index (κ2) is 5.75. The van der Waals surface area contributed by atoms with Gasteiger partial charge in [-0.15, -0.1) is 0 Å². The number of allylic oxidation sites excluding steroid dienone is 1. The average molecular weight is 299 g/mol. The summed E-state index contributed by atoms with van der Waals surface area (Å²) in [6.45, 7) is 3.94. The van der Waals surface area contributed by atoms with Gasteiger partial charge in [0.1, 0.15) is 5.92 Å². The van der Waals surface area contributed by atoms with Gasteiger partial charge in [-0.2, -0.15) is 0 Å². The molecule has 0 N–H and O–H groups in total. The highest BCUT2D eigenvalue weighted by molar-refractivity contribution is 6.13. The molecule has 0 saturated heterocycles. The molecular weight excluding hydrogens is 282 g/mol. The van der Waals surface area contributed by atoms with Crippen LogP contribution < -0.4 is 0 Å². The molecule has 5 nitrogen and oxygen atoms in total. The first-order valence-corrected chi connectivity index (χ1v) is 7.32. The Hall–Kier alpha value is -2.43. The summed E-state index contributed by atoms with van der Waals surface area (Å²) >= 11 is 0. The summed E-state index contributed by atoms with van der Waals surface area (Å²) in [5.41, 5.74) is 2.32. The van der Waals surface area contributed by atoms with Gasteiger partial charge in [0, 0.05) is 5.92 Å². The van der Waals surface area contributed by atoms with Crippen molar-refractivity contribution in [2.24, 2.45) is 17.0 Å². The van der Waals surface area contributed by atoms with Crippen LogP contribution >= 0.6 is 0 Å². The highest BCUT2D eigenvalue weighted by Crippen LogP contribution is 2.44. The highest BCUT2D eigenvalue weighted by Gasteiger charge is 2.49. The Morgan fingerprint density at radius 3 is 2.73 bits per heavy atom. The molecule has 0 bridgehead atoms. The van der Waals surface area contributed by atoms with E-state index in [0.717, 1.165) is 11.1 Å². The van der Waals surface area contributed by atoms with E-state index in [0.29, 0.717) is 12.3 Å². The molecule has 1 aliphatic carbocycles. The van der Waals surface area contributed by atoms with Crippen LogP contribution in [0, 0.1) is 11.8 Å². The fourth-order valence-electron chi connectivity index (χ4n) is 3.20. The summed E-state index contributed by atoms with van der Waals surface area (Å²) in [4.78, 5) is 29.4. The minimum atomic E-state index is -0.555. The number of benzene rings is 1. The quantitative estimate of drug-likeness (QED) is 0.635. The standard InChI is InChI=1S/C17H17NO4/c1-3-21-16(19)13-10(2)9-12-15(17(20)22-18-12)14(13)11-7-5-4-6-8-11/h4-9,13-15H,3H2,1-2H3. The van der Waals surface area contributed by atoms with Crippen LogP contribution in [0.4, 0.5) is 0 Å². The smallest absolute Gasteiger partial charge is 0.344 e. The van der Waals surface area contributed by atoms with Crippen LogP contribution in [0.3, 0.4) is 0 Å². The van der Waals surface area contributed by atoms with Gasteiger partial charge in [0.15, 0.2) is 0 Å². The molecule has 114 valence electrons. The van der Waals surface area contributed by atoms with Crippen molar-refractivity contribution in [1.29, 1.82) is 0 Å². The number of carbonyl (C=O) groups excluding carboxylic acids is 2. The number of ether oxygens (including phenoxy) is 1. The maximum absolute atomic E-state index is 12.4. The van der Waals surface area contributed by atoms with Gasteiger partial charge in [-0.3, -0.25) is 4.79 Å². The Morgan fingerprint density at radius 1 is 1.32 bits per heavy atom. The molecule has 1 aromatic carbocycles. The minimum absolute atomic E-state index is 0.306. The van der Waals surface area contributed by atoms with Crippen LogP contribution in [-0.4, -0.2) is 24.3 Å². The van der Waals surface area contributed by atoms with Gasteiger partial charge in [-0.05, 0) is 25.5 Å². The monoisotopic (exact) mass is 299 g/mol. The Morgan fingerprint density at radius 2 is 2.05 bits per heavy atom. The predicted octanol–water partition coefficient (Wildman–Crippen LogP) is 2.44. The van der Waals surface area contributed by atoms with E-state index in [2.05, 4.69) is 5.16 Å². The lowest BCUT2D eigenvalue weighted by Gasteiger charge is -2.33. The molecule has 22 heavy (non-hydrogen) atoms. The van der Waals surface area contributed by atoms with Crippen LogP contribution in [-0.2, 0) is 19.2 Å². The number of rotatable bonds is 3. The zero-order valence-corrected chi connectivity index (χ0v) is 12.5. The molecule has 1 heterocycles. The third kappa shape index (κ3) is 2.32. The van der Waals surface area contributed by atoms with Crippen LogP contribution in [0.5, 0.6) is 0 Å². The maximum Gasteiger partial charge on any atom is 0.344 e. The fraction of sp³-hybridized carbons (Fsp3) is 0.353. The zero-order valence-electron chi connectivity index (χ0n) is 12.5. The molecule has 2 aliphatic rings. The molecule has 0 aromatic heterocycles. The summed E-state index contributed by atoms with van der Waals surface area (Å²) in [5, 5.41) is 3.84. The number of nitrogens with zero attached hydrogens (tertiary/aromatic N) is 1. The number of hydrogen-bond donors (Lipinski definition) is 0. The predicted molar refractivity (Wildman–Crippen MR) is 80.1 cm³/mol.